The molecule has 1 aliphatic rings. The van der Waals surface area contributed by atoms with E-state index in [1.165, 1.54) is 18.2 Å². The molecule has 2 rings (SSSR count). The summed E-state index contributed by atoms with van der Waals surface area (Å²) in [5.41, 5.74) is 5.13. The number of benzene rings is 1. The SMILES string of the molecule is Nc1cccc(C(=O)NC2CCOC2)c1[N+](=O)[O-]. The maximum absolute atomic E-state index is 12.0. The molecule has 0 bridgehead atoms. The van der Waals surface area contributed by atoms with Gasteiger partial charge in [0.15, 0.2) is 0 Å². The Balaban J connectivity index is 2.24. The number of nitrogens with two attached hydrogens (primary N) is 1. The van der Waals surface area contributed by atoms with E-state index in [0.717, 1.165) is 0 Å². The minimum atomic E-state index is -0.643. The molecule has 18 heavy (non-hydrogen) atoms. The third kappa shape index (κ3) is 2.40. The maximum atomic E-state index is 12.0. The molecule has 1 saturated heterocycles. The Kier molecular flexibility index (Phi) is 3.42. The van der Waals surface area contributed by atoms with Crippen LogP contribution in [0.3, 0.4) is 0 Å². The van der Waals surface area contributed by atoms with Gasteiger partial charge in [-0.3, -0.25) is 14.9 Å². The van der Waals surface area contributed by atoms with Crippen molar-refractivity contribution in [1.29, 1.82) is 0 Å². The molecule has 0 radical (unpaired) electrons. The second kappa shape index (κ2) is 5.01. The number of nitrogens with one attached hydrogen (secondary N) is 1. The molecule has 1 aromatic rings. The van der Waals surface area contributed by atoms with Crippen molar-refractivity contribution in [2.45, 2.75) is 12.5 Å². The van der Waals surface area contributed by atoms with Crippen molar-refractivity contribution < 1.29 is 14.5 Å². The van der Waals surface area contributed by atoms with Crippen LogP contribution in [0.4, 0.5) is 11.4 Å². The van der Waals surface area contributed by atoms with E-state index in [0.29, 0.717) is 19.6 Å². The molecule has 0 aromatic heterocycles. The number of hydrogen-bond acceptors (Lipinski definition) is 5. The molecule has 1 atom stereocenters. The van der Waals surface area contributed by atoms with E-state index in [1.807, 2.05) is 0 Å². The highest BCUT2D eigenvalue weighted by atomic mass is 16.6. The van der Waals surface area contributed by atoms with Crippen LogP contribution >= 0.6 is 0 Å². The lowest BCUT2D eigenvalue weighted by Gasteiger charge is -2.11. The van der Waals surface area contributed by atoms with Gasteiger partial charge in [0.2, 0.25) is 0 Å². The van der Waals surface area contributed by atoms with E-state index in [-0.39, 0.29) is 23.0 Å². The van der Waals surface area contributed by atoms with Gasteiger partial charge in [-0.25, -0.2) is 0 Å². The lowest BCUT2D eigenvalue weighted by Crippen LogP contribution is -2.35. The average molecular weight is 251 g/mol. The molecule has 1 amide bonds. The monoisotopic (exact) mass is 251 g/mol. The first-order valence-electron chi connectivity index (χ1n) is 5.51. The van der Waals surface area contributed by atoms with E-state index in [4.69, 9.17) is 10.5 Å². The van der Waals surface area contributed by atoms with Crippen LogP contribution in [-0.4, -0.2) is 30.1 Å². The van der Waals surface area contributed by atoms with Crippen LogP contribution in [0.1, 0.15) is 16.8 Å². The van der Waals surface area contributed by atoms with Gasteiger partial charge < -0.3 is 15.8 Å². The number of nitro benzene ring substituents is 1. The summed E-state index contributed by atoms with van der Waals surface area (Å²) in [6.07, 6.45) is 0.710. The number of amides is 1. The summed E-state index contributed by atoms with van der Waals surface area (Å²) in [4.78, 5) is 22.2. The first kappa shape index (κ1) is 12.3. The van der Waals surface area contributed by atoms with Gasteiger partial charge in [-0.1, -0.05) is 6.07 Å². The van der Waals surface area contributed by atoms with Gasteiger partial charge in [-0.05, 0) is 18.6 Å². The molecule has 3 N–H and O–H groups in total. The Morgan fingerprint density at radius 1 is 1.56 bits per heavy atom. The van der Waals surface area contributed by atoms with Crippen molar-refractivity contribution in [3.05, 3.63) is 33.9 Å². The summed E-state index contributed by atoms with van der Waals surface area (Å²) in [5, 5.41) is 13.6. The predicted molar refractivity (Wildman–Crippen MR) is 64.2 cm³/mol. The van der Waals surface area contributed by atoms with Crippen molar-refractivity contribution >= 4 is 17.3 Å². The number of ether oxygens (including phenoxy) is 1. The molecule has 1 heterocycles. The standard InChI is InChI=1S/C11H13N3O4/c12-9-3-1-2-8(10(9)14(16)17)11(15)13-7-4-5-18-6-7/h1-3,7H,4-6,12H2,(H,13,15). The number of hydrogen-bond donors (Lipinski definition) is 2. The third-order valence-electron chi connectivity index (χ3n) is 2.76. The first-order valence-corrected chi connectivity index (χ1v) is 5.51. The molecule has 96 valence electrons. The van der Waals surface area contributed by atoms with Gasteiger partial charge >= 0.3 is 5.69 Å². The Bertz CT molecular complexity index is 483. The lowest BCUT2D eigenvalue weighted by atomic mass is 10.1. The number of carbonyl (C=O) groups is 1. The van der Waals surface area contributed by atoms with Crippen molar-refractivity contribution in [2.24, 2.45) is 0 Å². The minimum Gasteiger partial charge on any atom is -0.393 e. The van der Waals surface area contributed by atoms with Gasteiger partial charge in [0.1, 0.15) is 11.3 Å². The number of nitro groups is 1. The number of nitrogen functional groups attached to an aromatic ring is 1. The number of rotatable bonds is 3. The minimum absolute atomic E-state index is 0.0182. The Morgan fingerprint density at radius 2 is 2.33 bits per heavy atom. The van der Waals surface area contributed by atoms with Crippen LogP contribution in [0.5, 0.6) is 0 Å². The van der Waals surface area contributed by atoms with Gasteiger partial charge in [0.05, 0.1) is 17.6 Å². The van der Waals surface area contributed by atoms with Crippen LogP contribution in [0.25, 0.3) is 0 Å². The molecule has 1 aliphatic heterocycles. The zero-order valence-electron chi connectivity index (χ0n) is 9.59. The van der Waals surface area contributed by atoms with Gasteiger partial charge in [-0.2, -0.15) is 0 Å². The van der Waals surface area contributed by atoms with Crippen LogP contribution < -0.4 is 11.1 Å². The zero-order chi connectivity index (χ0) is 13.1. The molecule has 0 aliphatic carbocycles. The molecular weight excluding hydrogens is 238 g/mol. The smallest absolute Gasteiger partial charge is 0.304 e. The Labute approximate surface area is 103 Å². The number of nitrogens with zero attached hydrogens (tertiary/aromatic N) is 1. The molecular formula is C11H13N3O4. The number of carbonyl (C=O) groups excluding carboxylic acids is 1. The van der Waals surface area contributed by atoms with E-state index >= 15 is 0 Å². The summed E-state index contributed by atoms with van der Waals surface area (Å²) in [6.45, 7) is 1.02. The van der Waals surface area contributed by atoms with Crippen LogP contribution in [0.2, 0.25) is 0 Å². The van der Waals surface area contributed by atoms with Gasteiger partial charge in [-0.15, -0.1) is 0 Å². The molecule has 1 fully saturated rings. The second-order valence-electron chi connectivity index (χ2n) is 4.03. The molecule has 7 heteroatoms. The lowest BCUT2D eigenvalue weighted by molar-refractivity contribution is -0.384. The summed E-state index contributed by atoms with van der Waals surface area (Å²) in [5.74, 6) is -0.496. The number of anilines is 1. The Hall–Kier alpha value is -2.15. The highest BCUT2D eigenvalue weighted by Gasteiger charge is 2.25. The highest BCUT2D eigenvalue weighted by molar-refractivity contribution is 6.00. The Morgan fingerprint density at radius 3 is 2.94 bits per heavy atom. The molecule has 1 unspecified atom stereocenters. The predicted octanol–water partition coefficient (Wildman–Crippen LogP) is 0.696. The second-order valence-corrected chi connectivity index (χ2v) is 4.03. The first-order chi connectivity index (χ1) is 8.59. The summed E-state index contributed by atoms with van der Waals surface area (Å²) < 4.78 is 5.12. The van der Waals surface area contributed by atoms with E-state index in [9.17, 15) is 14.9 Å². The van der Waals surface area contributed by atoms with Crippen LogP contribution in [0, 0.1) is 10.1 Å². The van der Waals surface area contributed by atoms with E-state index in [1.54, 1.807) is 0 Å². The number of para-hydroxylation sites is 1. The van der Waals surface area contributed by atoms with Crippen molar-refractivity contribution in [2.75, 3.05) is 18.9 Å². The van der Waals surface area contributed by atoms with Gasteiger partial charge in [0.25, 0.3) is 5.91 Å². The fourth-order valence-electron chi connectivity index (χ4n) is 1.86. The van der Waals surface area contributed by atoms with Gasteiger partial charge in [0, 0.05) is 6.61 Å². The molecule has 0 saturated carbocycles. The summed E-state index contributed by atoms with van der Waals surface area (Å²) in [7, 11) is 0. The maximum Gasteiger partial charge on any atom is 0.304 e. The van der Waals surface area contributed by atoms with E-state index in [2.05, 4.69) is 5.32 Å². The topological polar surface area (TPSA) is 107 Å². The quantitative estimate of drug-likeness (QED) is 0.467. The molecule has 7 nitrogen and oxygen atoms in total. The van der Waals surface area contributed by atoms with Crippen molar-refractivity contribution in [1.82, 2.24) is 5.32 Å². The molecule has 0 spiro atoms. The van der Waals surface area contributed by atoms with Crippen LogP contribution in [0.15, 0.2) is 18.2 Å². The average Bonchev–Trinajstić information content (AvgIpc) is 2.80. The van der Waals surface area contributed by atoms with Crippen LogP contribution in [-0.2, 0) is 4.74 Å². The largest absolute Gasteiger partial charge is 0.393 e. The zero-order valence-corrected chi connectivity index (χ0v) is 9.59. The van der Waals surface area contributed by atoms with E-state index < -0.39 is 10.8 Å². The highest BCUT2D eigenvalue weighted by Crippen LogP contribution is 2.25. The summed E-state index contributed by atoms with van der Waals surface area (Å²) in [6, 6.07) is 4.20. The molecule has 1 aromatic carbocycles. The third-order valence-corrected chi connectivity index (χ3v) is 2.76. The van der Waals surface area contributed by atoms with Crippen molar-refractivity contribution in [3.8, 4) is 0 Å². The summed E-state index contributed by atoms with van der Waals surface area (Å²) >= 11 is 0. The normalized spacial score (nSPS) is 18.6. The fourth-order valence-corrected chi connectivity index (χ4v) is 1.86. The fraction of sp³-hybridized carbons (Fsp3) is 0.364. The van der Waals surface area contributed by atoms with Crippen molar-refractivity contribution in [3.63, 3.8) is 0 Å².